The first-order valence-electron chi connectivity index (χ1n) is 33.2. The summed E-state index contributed by atoms with van der Waals surface area (Å²) in [4.78, 5) is 17.0. The molecule has 16 heterocycles. The third-order valence-corrected chi connectivity index (χ3v) is 24.0. The molecular formula is C66H99NO16. The second kappa shape index (κ2) is 21.2. The molecule has 12 bridgehead atoms. The zero-order chi connectivity index (χ0) is 57.4. The largest absolute Gasteiger partial charge is 0.459 e. The van der Waals surface area contributed by atoms with Crippen LogP contribution in [0.4, 0.5) is 0 Å². The van der Waals surface area contributed by atoms with Crippen LogP contribution in [0.2, 0.25) is 0 Å². The highest BCUT2D eigenvalue weighted by Crippen LogP contribution is 2.62. The van der Waals surface area contributed by atoms with Gasteiger partial charge in [-0.05, 0) is 113 Å². The third-order valence-electron chi connectivity index (χ3n) is 24.0. The summed E-state index contributed by atoms with van der Waals surface area (Å²) in [5.74, 6) is -1.24. The van der Waals surface area contributed by atoms with Crippen LogP contribution in [-0.2, 0) is 75.8 Å². The lowest BCUT2D eigenvalue weighted by Crippen LogP contribution is -2.62. The predicted molar refractivity (Wildman–Crippen MR) is 301 cm³/mol. The van der Waals surface area contributed by atoms with Crippen molar-refractivity contribution in [1.82, 2.24) is 4.90 Å². The molecule has 0 radical (unpaired) electrons. The smallest absolute Gasteiger partial charge is 0.308 e. The highest BCUT2D eigenvalue weighted by Gasteiger charge is 2.76. The first kappa shape index (κ1) is 57.8. The van der Waals surface area contributed by atoms with E-state index in [1.165, 1.54) is 0 Å². The van der Waals surface area contributed by atoms with Gasteiger partial charge in [0.25, 0.3) is 0 Å². The lowest BCUT2D eigenvalue weighted by molar-refractivity contribution is -0.347. The molecule has 0 aliphatic carbocycles. The quantitative estimate of drug-likeness (QED) is 0.190. The van der Waals surface area contributed by atoms with E-state index >= 15 is 0 Å². The van der Waals surface area contributed by atoms with E-state index in [1.807, 2.05) is 0 Å². The Bertz CT molecular complexity index is 2480. The molecule has 17 nitrogen and oxygen atoms in total. The van der Waals surface area contributed by atoms with Gasteiger partial charge < -0.3 is 76.0 Å². The van der Waals surface area contributed by atoms with Crippen LogP contribution in [0.3, 0.4) is 0 Å². The lowest BCUT2D eigenvalue weighted by Gasteiger charge is -2.51. The fraction of sp³-hybridized carbons (Fsp3) is 0.924. The summed E-state index contributed by atoms with van der Waals surface area (Å²) in [6.07, 6.45) is 7.19. The van der Waals surface area contributed by atoms with E-state index in [0.717, 1.165) is 81.9 Å². The summed E-state index contributed by atoms with van der Waals surface area (Å²) in [6.45, 7) is 28.4. The molecule has 16 fully saturated rings. The van der Waals surface area contributed by atoms with E-state index in [9.17, 15) is 4.79 Å². The zero-order valence-electron chi connectivity index (χ0n) is 51.4. The van der Waals surface area contributed by atoms with E-state index in [2.05, 4.69) is 87.5 Å². The van der Waals surface area contributed by atoms with Crippen molar-refractivity contribution < 1.29 is 75.8 Å². The number of hydrogen-bond acceptors (Lipinski definition) is 17. The van der Waals surface area contributed by atoms with Crippen LogP contribution >= 0.6 is 0 Å². The fourth-order valence-electron chi connectivity index (χ4n) is 19.9. The van der Waals surface area contributed by atoms with Crippen LogP contribution in [-0.4, -0.2) is 189 Å². The predicted octanol–water partition coefficient (Wildman–Crippen LogP) is 8.68. The number of carbonyl (C=O) groups is 1. The van der Waals surface area contributed by atoms with Gasteiger partial charge in [-0.2, -0.15) is 0 Å². The summed E-state index contributed by atoms with van der Waals surface area (Å²) in [5, 5.41) is 0. The Balaban J connectivity index is 0.651. The third kappa shape index (κ3) is 9.89. The number of rotatable bonds is 5. The highest BCUT2D eigenvalue weighted by atomic mass is 16.8. The van der Waals surface area contributed by atoms with Crippen molar-refractivity contribution in [2.45, 2.75) is 322 Å². The van der Waals surface area contributed by atoms with Crippen LogP contribution in [0.1, 0.15) is 165 Å². The molecule has 16 aliphatic rings. The van der Waals surface area contributed by atoms with Crippen molar-refractivity contribution in [3.63, 3.8) is 0 Å². The Morgan fingerprint density at radius 2 is 1.25 bits per heavy atom. The van der Waals surface area contributed by atoms with E-state index in [1.54, 1.807) is 0 Å². The Hall–Kier alpha value is -1.65. The van der Waals surface area contributed by atoms with Crippen molar-refractivity contribution in [2.24, 2.45) is 41.4 Å². The molecule has 0 N–H and O–H groups in total. The number of hydrogen-bond donors (Lipinski definition) is 0. The van der Waals surface area contributed by atoms with E-state index in [4.69, 9.17) is 71.1 Å². The standard InChI is InChI=1S/C66H99NO16/c1-31(30-67(11)12)19-33(3)45-23-50-54(74-45)35(5)26-64(78-50)27-36(6)55-52(79-64)29-65(81-55)28-51-47(77-65)25-49-56(75-51)38(8)57-48(72-49)24-46-37(7)32(2)20-40(70-46)13-15-43-34(4)21-42(69-43)17-18-66-39(9)63(10)62(83-66)61-60(80-63)59(82-66)58-44(73-61)16-14-41(71-58)22-53(68)76-57/h31-33,35-36,38-52,54-62H,4,7,13-30H2,1-3,5-6,8-12H3. The van der Waals surface area contributed by atoms with Crippen molar-refractivity contribution in [3.05, 3.63) is 24.3 Å². The Morgan fingerprint density at radius 3 is 2.07 bits per heavy atom. The number of nitrogens with zero attached hydrogens (tertiary/aromatic N) is 1. The molecule has 83 heavy (non-hydrogen) atoms. The first-order valence-corrected chi connectivity index (χ1v) is 33.2. The summed E-state index contributed by atoms with van der Waals surface area (Å²) >= 11 is 0. The van der Waals surface area contributed by atoms with Gasteiger partial charge in [-0.3, -0.25) is 4.79 Å². The Kier molecular flexibility index (Phi) is 14.8. The van der Waals surface area contributed by atoms with Gasteiger partial charge in [0.1, 0.15) is 42.2 Å². The summed E-state index contributed by atoms with van der Waals surface area (Å²) in [5.41, 5.74) is 1.61. The molecular weight excluding hydrogens is 1060 g/mol. The number of esters is 1. The second-order valence-corrected chi connectivity index (χ2v) is 30.5. The zero-order valence-corrected chi connectivity index (χ0v) is 51.4. The maximum atomic E-state index is 14.7. The molecule has 16 saturated heterocycles. The summed E-state index contributed by atoms with van der Waals surface area (Å²) in [6, 6.07) is 0. The van der Waals surface area contributed by atoms with Crippen molar-refractivity contribution >= 4 is 5.97 Å². The van der Waals surface area contributed by atoms with Crippen molar-refractivity contribution in [3.8, 4) is 0 Å². The van der Waals surface area contributed by atoms with Gasteiger partial charge in [-0.15, -0.1) is 0 Å². The highest BCUT2D eigenvalue weighted by molar-refractivity contribution is 5.70. The topological polar surface area (TPSA) is 159 Å². The number of carbonyl (C=O) groups excluding carboxylic acids is 1. The van der Waals surface area contributed by atoms with Crippen LogP contribution in [0.25, 0.3) is 0 Å². The molecule has 33 unspecified atom stereocenters. The van der Waals surface area contributed by atoms with Gasteiger partial charge >= 0.3 is 5.97 Å². The molecule has 464 valence electrons. The van der Waals surface area contributed by atoms with Gasteiger partial charge in [-0.1, -0.05) is 61.6 Å². The normalized spacial score (nSPS) is 56.9. The van der Waals surface area contributed by atoms with Crippen molar-refractivity contribution in [2.75, 3.05) is 20.6 Å². The fourth-order valence-corrected chi connectivity index (χ4v) is 19.9. The molecule has 17 heteroatoms. The van der Waals surface area contributed by atoms with Crippen molar-refractivity contribution in [1.29, 1.82) is 0 Å². The van der Waals surface area contributed by atoms with Gasteiger partial charge in [0.15, 0.2) is 17.4 Å². The van der Waals surface area contributed by atoms with Gasteiger partial charge in [0.2, 0.25) is 0 Å². The molecule has 0 saturated carbocycles. The minimum Gasteiger partial charge on any atom is -0.459 e. The molecule has 16 aliphatic heterocycles. The van der Waals surface area contributed by atoms with E-state index < -0.39 is 53.5 Å². The monoisotopic (exact) mass is 1160 g/mol. The lowest BCUT2D eigenvalue weighted by atomic mass is 9.79. The Labute approximate surface area is 493 Å². The first-order chi connectivity index (χ1) is 39.6. The van der Waals surface area contributed by atoms with Crippen LogP contribution in [0, 0.1) is 41.4 Å². The second-order valence-electron chi connectivity index (χ2n) is 30.5. The van der Waals surface area contributed by atoms with Gasteiger partial charge in [0.05, 0.1) is 104 Å². The van der Waals surface area contributed by atoms with Crippen LogP contribution in [0.15, 0.2) is 24.3 Å². The number of ether oxygens (including phenoxy) is 15. The average molecular weight is 1160 g/mol. The SMILES string of the molecule is C=C1CC2CCC34OC5C6OC(CCC6OC6C5OC(C)(C6O3)C4C)CC(=O)OC3C(CC4OC(CCC1O2)CC(C)C4=C)OC1CC2OC4(CC2OC1C3C)CC1OC2(CC(C)C3OC(C(C)CC(C)CN(C)C)CC3O2)CC(C)C1O4. The molecule has 0 aromatic rings. The van der Waals surface area contributed by atoms with E-state index in [-0.39, 0.29) is 140 Å². The number of fused-ring (bicyclic) bond motifs is 10. The Morgan fingerprint density at radius 1 is 0.554 bits per heavy atom. The maximum Gasteiger partial charge on any atom is 0.308 e. The molecule has 0 aromatic carbocycles. The molecule has 33 atom stereocenters. The molecule has 16 rings (SSSR count). The minimum atomic E-state index is -0.896. The average Bonchev–Trinajstić information content (AvgIpc) is 2.18. The van der Waals surface area contributed by atoms with Crippen LogP contribution < -0.4 is 0 Å². The van der Waals surface area contributed by atoms with E-state index in [0.29, 0.717) is 56.3 Å². The summed E-state index contributed by atoms with van der Waals surface area (Å²) in [7, 11) is 4.30. The molecule has 0 aromatic heterocycles. The minimum absolute atomic E-state index is 0.00544. The molecule has 3 spiro atoms. The molecule has 0 amide bonds. The summed E-state index contributed by atoms with van der Waals surface area (Å²) < 4.78 is 106. The maximum absolute atomic E-state index is 14.7. The van der Waals surface area contributed by atoms with Gasteiger partial charge in [-0.25, -0.2) is 0 Å². The van der Waals surface area contributed by atoms with Gasteiger partial charge in [0, 0.05) is 69.7 Å². The van der Waals surface area contributed by atoms with Crippen LogP contribution in [0.5, 0.6) is 0 Å².